The lowest BCUT2D eigenvalue weighted by Gasteiger charge is -2.46. The molecule has 7 nitrogen and oxygen atoms in total. The van der Waals surface area contributed by atoms with E-state index < -0.39 is 12.1 Å². The zero-order valence-electron chi connectivity index (χ0n) is 16.9. The number of anilines is 1. The Morgan fingerprint density at radius 3 is 2.39 bits per heavy atom. The fourth-order valence-corrected chi connectivity index (χ4v) is 3.91. The number of halogens is 4. The molecule has 1 unspecified atom stereocenters. The second-order valence-corrected chi connectivity index (χ2v) is 8.13. The number of likely N-dealkylation sites (tertiary alicyclic amines) is 1. The van der Waals surface area contributed by atoms with Crippen molar-refractivity contribution in [1.29, 1.82) is 0 Å². The molecule has 2 aliphatic heterocycles. The van der Waals surface area contributed by atoms with E-state index in [2.05, 4.69) is 4.90 Å². The van der Waals surface area contributed by atoms with E-state index in [-0.39, 0.29) is 29.1 Å². The van der Waals surface area contributed by atoms with Crippen LogP contribution in [0.15, 0.2) is 24.3 Å². The fraction of sp³-hybridized carbons (Fsp3) is 0.550. The van der Waals surface area contributed by atoms with Crippen molar-refractivity contribution in [2.24, 2.45) is 5.92 Å². The van der Waals surface area contributed by atoms with Crippen molar-refractivity contribution in [3.63, 3.8) is 0 Å². The summed E-state index contributed by atoms with van der Waals surface area (Å²) in [7, 11) is 1.95. The van der Waals surface area contributed by atoms with E-state index in [0.29, 0.717) is 25.3 Å². The summed E-state index contributed by atoms with van der Waals surface area (Å²) >= 11 is 0. The van der Waals surface area contributed by atoms with Gasteiger partial charge < -0.3 is 14.9 Å². The zero-order valence-corrected chi connectivity index (χ0v) is 16.9. The molecule has 0 radical (unpaired) electrons. The predicted molar refractivity (Wildman–Crippen MR) is 102 cm³/mol. The second-order valence-electron chi connectivity index (χ2n) is 8.13. The quantitative estimate of drug-likeness (QED) is 0.706. The van der Waals surface area contributed by atoms with Gasteiger partial charge in [0.1, 0.15) is 5.82 Å². The molecule has 0 bridgehead atoms. The highest BCUT2D eigenvalue weighted by molar-refractivity contribution is 5.96. The van der Waals surface area contributed by atoms with Gasteiger partial charge in [-0.2, -0.15) is 13.2 Å². The van der Waals surface area contributed by atoms with E-state index in [9.17, 15) is 27.2 Å². The molecule has 0 aromatic heterocycles. The Kier molecular flexibility index (Phi) is 6.26. The highest BCUT2D eigenvalue weighted by Crippen LogP contribution is 2.37. The molecular formula is C20H23F4N3O4. The molecule has 3 aliphatic rings. The Hall–Kier alpha value is -2.69. The van der Waals surface area contributed by atoms with Crippen LogP contribution in [0.25, 0.3) is 0 Å². The number of hydrogen-bond donors (Lipinski definition) is 1. The molecule has 1 aromatic carbocycles. The summed E-state index contributed by atoms with van der Waals surface area (Å²) in [6.07, 6.45) is -2.22. The number of carbonyl (C=O) groups excluding carboxylic acids is 2. The maximum Gasteiger partial charge on any atom is 0.490 e. The minimum Gasteiger partial charge on any atom is -0.475 e. The van der Waals surface area contributed by atoms with Gasteiger partial charge in [0.25, 0.3) is 0 Å². The average Bonchev–Trinajstić information content (AvgIpc) is 3.44. The third-order valence-electron chi connectivity index (χ3n) is 5.87. The Balaban J connectivity index is 0.000000339. The number of alkyl halides is 3. The summed E-state index contributed by atoms with van der Waals surface area (Å²) in [4.78, 5) is 39.4. The molecule has 31 heavy (non-hydrogen) atoms. The minimum absolute atomic E-state index is 0.0271. The lowest BCUT2D eigenvalue weighted by Crippen LogP contribution is -2.64. The molecule has 2 saturated heterocycles. The third-order valence-corrected chi connectivity index (χ3v) is 5.87. The maximum absolute atomic E-state index is 13.6. The van der Waals surface area contributed by atoms with Crippen molar-refractivity contribution >= 4 is 23.5 Å². The monoisotopic (exact) mass is 445 g/mol. The Labute approximate surface area is 176 Å². The van der Waals surface area contributed by atoms with Gasteiger partial charge >= 0.3 is 12.1 Å². The van der Waals surface area contributed by atoms with E-state index in [1.807, 2.05) is 11.9 Å². The number of piperazine rings is 1. The van der Waals surface area contributed by atoms with Crippen LogP contribution in [-0.4, -0.2) is 77.6 Å². The predicted octanol–water partition coefficient (Wildman–Crippen LogP) is 2.12. The minimum atomic E-state index is -5.08. The summed E-state index contributed by atoms with van der Waals surface area (Å²) in [5, 5.41) is 7.12. The molecular weight excluding hydrogens is 422 g/mol. The smallest absolute Gasteiger partial charge is 0.475 e. The maximum atomic E-state index is 13.6. The first kappa shape index (κ1) is 23.0. The number of aliphatic carboxylic acids is 1. The Morgan fingerprint density at radius 2 is 1.84 bits per heavy atom. The molecule has 2 amide bonds. The number of carboxylic acids is 1. The number of carbonyl (C=O) groups is 3. The van der Waals surface area contributed by atoms with Crippen LogP contribution in [0.1, 0.15) is 19.3 Å². The Morgan fingerprint density at radius 1 is 1.19 bits per heavy atom. The summed E-state index contributed by atoms with van der Waals surface area (Å²) in [6, 6.07) is 6.17. The molecule has 2 heterocycles. The first-order chi connectivity index (χ1) is 14.4. The van der Waals surface area contributed by atoms with Gasteiger partial charge in [0.15, 0.2) is 0 Å². The van der Waals surface area contributed by atoms with E-state index in [0.717, 1.165) is 25.8 Å². The first-order valence-electron chi connectivity index (χ1n) is 9.79. The van der Waals surface area contributed by atoms with Crippen molar-refractivity contribution in [1.82, 2.24) is 9.80 Å². The molecule has 1 atom stereocenters. The molecule has 170 valence electrons. The summed E-state index contributed by atoms with van der Waals surface area (Å²) in [5.41, 5.74) is 0.365. The van der Waals surface area contributed by atoms with Crippen LogP contribution in [0.4, 0.5) is 23.2 Å². The first-order valence-corrected chi connectivity index (χ1v) is 9.79. The molecule has 1 spiro atoms. The molecule has 4 rings (SSSR count). The van der Waals surface area contributed by atoms with Crippen LogP contribution in [-0.2, 0) is 14.4 Å². The lowest BCUT2D eigenvalue weighted by atomic mass is 9.92. The number of amides is 2. The summed E-state index contributed by atoms with van der Waals surface area (Å²) in [5.74, 6) is -2.65. The normalized spacial score (nSPS) is 24.2. The van der Waals surface area contributed by atoms with E-state index in [1.54, 1.807) is 17.0 Å². The highest BCUT2D eigenvalue weighted by Gasteiger charge is 2.50. The van der Waals surface area contributed by atoms with Gasteiger partial charge in [-0.1, -0.05) is 6.07 Å². The molecule has 1 aromatic rings. The summed E-state index contributed by atoms with van der Waals surface area (Å²) in [6.45, 7) is 2.19. The van der Waals surface area contributed by atoms with E-state index in [4.69, 9.17) is 9.90 Å². The topological polar surface area (TPSA) is 81.2 Å². The van der Waals surface area contributed by atoms with Crippen LogP contribution in [0, 0.1) is 11.7 Å². The molecule has 3 fully saturated rings. The average molecular weight is 445 g/mol. The van der Waals surface area contributed by atoms with Crippen molar-refractivity contribution < 1.29 is 37.1 Å². The lowest BCUT2D eigenvalue weighted by molar-refractivity contribution is -0.192. The van der Waals surface area contributed by atoms with Gasteiger partial charge in [0.05, 0.1) is 12.1 Å². The number of benzene rings is 1. The van der Waals surface area contributed by atoms with Gasteiger partial charge in [0.2, 0.25) is 11.8 Å². The highest BCUT2D eigenvalue weighted by atomic mass is 19.4. The fourth-order valence-electron chi connectivity index (χ4n) is 3.91. The molecule has 11 heteroatoms. The van der Waals surface area contributed by atoms with E-state index in [1.165, 1.54) is 12.1 Å². The van der Waals surface area contributed by atoms with Crippen molar-refractivity contribution in [3.8, 4) is 0 Å². The van der Waals surface area contributed by atoms with Crippen molar-refractivity contribution in [2.45, 2.75) is 31.0 Å². The Bertz CT molecular complexity index is 874. The van der Waals surface area contributed by atoms with Gasteiger partial charge in [0, 0.05) is 31.2 Å². The van der Waals surface area contributed by atoms with Crippen molar-refractivity contribution in [3.05, 3.63) is 30.1 Å². The van der Waals surface area contributed by atoms with Gasteiger partial charge in [-0.25, -0.2) is 9.18 Å². The van der Waals surface area contributed by atoms with Gasteiger partial charge in [-0.15, -0.1) is 0 Å². The molecule has 1 N–H and O–H groups in total. The van der Waals surface area contributed by atoms with Crippen LogP contribution in [0.3, 0.4) is 0 Å². The zero-order chi connectivity index (χ0) is 23.0. The number of carboxylic acid groups (broad SMARTS) is 1. The molecule has 1 saturated carbocycles. The van der Waals surface area contributed by atoms with E-state index >= 15 is 0 Å². The molecule has 1 aliphatic carbocycles. The number of rotatable bonds is 2. The number of hydrogen-bond acceptors (Lipinski definition) is 4. The van der Waals surface area contributed by atoms with Gasteiger partial charge in [-0.05, 0) is 44.5 Å². The van der Waals surface area contributed by atoms with Crippen LogP contribution in [0.5, 0.6) is 0 Å². The standard InChI is InChI=1S/C18H22FN3O2.C2HF3O2/c1-20-10-16(23)22(15-4-2-3-14(19)9-15)12-18(20)7-8-21(11-18)17(24)13-5-6-13;3-2(4,5)1(6)7/h2-4,9,13H,5-8,10-12H2,1H3;(H,6,7). The van der Waals surface area contributed by atoms with Crippen LogP contribution >= 0.6 is 0 Å². The number of likely N-dealkylation sites (N-methyl/N-ethyl adjacent to an activating group) is 1. The van der Waals surface area contributed by atoms with Crippen molar-refractivity contribution in [2.75, 3.05) is 38.1 Å². The SMILES string of the molecule is CN1CC(=O)N(c2cccc(F)c2)CC12CCN(C(=O)C1CC1)C2.O=C(O)C(F)(F)F. The third kappa shape index (κ3) is 5.15. The van der Waals surface area contributed by atoms with Crippen LogP contribution < -0.4 is 4.90 Å². The van der Waals surface area contributed by atoms with Gasteiger partial charge in [-0.3, -0.25) is 14.5 Å². The second kappa shape index (κ2) is 8.45. The summed E-state index contributed by atoms with van der Waals surface area (Å²) < 4.78 is 45.3. The number of nitrogens with zero attached hydrogens (tertiary/aromatic N) is 3. The largest absolute Gasteiger partial charge is 0.490 e. The van der Waals surface area contributed by atoms with Crippen LogP contribution in [0.2, 0.25) is 0 Å².